The summed E-state index contributed by atoms with van der Waals surface area (Å²) in [6.07, 6.45) is 2.93. The Labute approximate surface area is 203 Å². The van der Waals surface area contributed by atoms with Crippen LogP contribution in [0.1, 0.15) is 50.2 Å². The molecule has 0 bridgehead atoms. The highest BCUT2D eigenvalue weighted by Crippen LogP contribution is 2.27. The molecular weight excluding hydrogens is 509 g/mol. The first-order valence-corrected chi connectivity index (χ1v) is 10.9. The number of likely N-dealkylation sites (N-methyl/N-ethyl adjacent to an activating group) is 1. The Balaban J connectivity index is 0.00000480. The maximum absolute atomic E-state index is 12.3. The number of furan rings is 1. The number of nitrogens with one attached hydrogen (secondary N) is 2. The molecule has 31 heavy (non-hydrogen) atoms. The summed E-state index contributed by atoms with van der Waals surface area (Å²) in [4.78, 5) is 20.9. The van der Waals surface area contributed by atoms with Gasteiger partial charge in [-0.2, -0.15) is 0 Å². The van der Waals surface area contributed by atoms with Crippen molar-refractivity contribution in [3.05, 3.63) is 23.2 Å². The van der Waals surface area contributed by atoms with Gasteiger partial charge < -0.3 is 25.1 Å². The van der Waals surface area contributed by atoms with Gasteiger partial charge in [-0.25, -0.2) is 4.99 Å². The highest BCUT2D eigenvalue weighted by atomic mass is 127. The number of aryl methyl sites for hydroxylation is 2. The number of aliphatic hydroxyl groups is 1. The number of carbonyl (C=O) groups is 1. The van der Waals surface area contributed by atoms with E-state index in [2.05, 4.69) is 20.5 Å². The number of amides is 1. The normalized spacial score (nSPS) is 18.9. The summed E-state index contributed by atoms with van der Waals surface area (Å²) in [7, 11) is 3.64. The van der Waals surface area contributed by atoms with Crippen molar-refractivity contribution in [3.63, 3.8) is 0 Å². The van der Waals surface area contributed by atoms with Crippen molar-refractivity contribution in [2.24, 2.45) is 4.99 Å². The highest BCUT2D eigenvalue weighted by molar-refractivity contribution is 14.0. The minimum Gasteiger partial charge on any atom is -0.466 e. The standard InChI is InChI=1S/C22H39N5O3.HI/c1-7-23-21(25-15-22(4,29)18-14-16(2)30-17(18)3)24-11-9-13-27-12-8-10-19(27)20(28)26(5)6;/h14,19,29H,7-13,15H2,1-6H3,(H2,23,24,25);1H. The lowest BCUT2D eigenvalue weighted by atomic mass is 9.96. The zero-order chi connectivity index (χ0) is 22.3. The molecule has 1 aromatic heterocycles. The molecule has 8 nitrogen and oxygen atoms in total. The van der Waals surface area contributed by atoms with Crippen LogP contribution in [0.2, 0.25) is 0 Å². The summed E-state index contributed by atoms with van der Waals surface area (Å²) < 4.78 is 5.55. The number of hydrogen-bond acceptors (Lipinski definition) is 5. The fourth-order valence-corrected chi connectivity index (χ4v) is 3.99. The van der Waals surface area contributed by atoms with Crippen LogP contribution in [0.4, 0.5) is 0 Å². The molecule has 2 heterocycles. The van der Waals surface area contributed by atoms with E-state index in [-0.39, 0.29) is 42.5 Å². The molecule has 0 aliphatic carbocycles. The number of aliphatic imine (C=N–C) groups is 1. The second kappa shape index (κ2) is 12.6. The fraction of sp³-hybridized carbons (Fsp3) is 0.727. The minimum atomic E-state index is -1.10. The number of guanidine groups is 1. The van der Waals surface area contributed by atoms with Gasteiger partial charge in [0.2, 0.25) is 5.91 Å². The maximum Gasteiger partial charge on any atom is 0.239 e. The molecular formula is C22H40IN5O3. The van der Waals surface area contributed by atoms with E-state index < -0.39 is 5.60 Å². The van der Waals surface area contributed by atoms with Crippen molar-refractivity contribution in [1.29, 1.82) is 0 Å². The van der Waals surface area contributed by atoms with Crippen molar-refractivity contribution >= 4 is 35.8 Å². The lowest BCUT2D eigenvalue weighted by molar-refractivity contribution is -0.133. The van der Waals surface area contributed by atoms with Crippen LogP contribution in [0.5, 0.6) is 0 Å². The Hall–Kier alpha value is -1.33. The third-order valence-electron chi connectivity index (χ3n) is 5.51. The van der Waals surface area contributed by atoms with Crippen LogP contribution in [0.3, 0.4) is 0 Å². The van der Waals surface area contributed by atoms with Gasteiger partial charge in [0.05, 0.1) is 12.6 Å². The summed E-state index contributed by atoms with van der Waals surface area (Å²) in [5, 5.41) is 17.4. The third-order valence-corrected chi connectivity index (χ3v) is 5.51. The first-order valence-electron chi connectivity index (χ1n) is 10.9. The molecule has 2 rings (SSSR count). The third kappa shape index (κ3) is 7.94. The first-order chi connectivity index (χ1) is 14.2. The average Bonchev–Trinajstić information content (AvgIpc) is 3.28. The molecule has 2 atom stereocenters. The van der Waals surface area contributed by atoms with Gasteiger partial charge in [-0.05, 0) is 59.6 Å². The monoisotopic (exact) mass is 549 g/mol. The molecule has 0 radical (unpaired) electrons. The lowest BCUT2D eigenvalue weighted by Gasteiger charge is -2.26. The molecule has 178 valence electrons. The van der Waals surface area contributed by atoms with E-state index in [0.717, 1.165) is 62.5 Å². The largest absolute Gasteiger partial charge is 0.466 e. The van der Waals surface area contributed by atoms with E-state index in [1.165, 1.54) is 0 Å². The van der Waals surface area contributed by atoms with Gasteiger partial charge in [-0.3, -0.25) is 9.69 Å². The number of hydrogen-bond donors (Lipinski definition) is 3. The predicted octanol–water partition coefficient (Wildman–Crippen LogP) is 2.22. The molecule has 1 aromatic rings. The summed E-state index contributed by atoms with van der Waals surface area (Å²) in [5.74, 6) is 2.38. The fourth-order valence-electron chi connectivity index (χ4n) is 3.99. The van der Waals surface area contributed by atoms with Crippen LogP contribution in [0.25, 0.3) is 0 Å². The van der Waals surface area contributed by atoms with Gasteiger partial charge in [0.25, 0.3) is 0 Å². The molecule has 9 heteroatoms. The molecule has 0 saturated carbocycles. The van der Waals surface area contributed by atoms with Crippen LogP contribution in [0.15, 0.2) is 15.5 Å². The van der Waals surface area contributed by atoms with Gasteiger partial charge in [0.1, 0.15) is 17.1 Å². The Bertz CT molecular complexity index is 733. The Kier molecular flexibility index (Phi) is 11.3. The van der Waals surface area contributed by atoms with Crippen LogP contribution in [-0.4, -0.2) is 79.6 Å². The Morgan fingerprint density at radius 3 is 2.68 bits per heavy atom. The topological polar surface area (TPSA) is 93.3 Å². The quantitative estimate of drug-likeness (QED) is 0.189. The van der Waals surface area contributed by atoms with Crippen molar-refractivity contribution < 1.29 is 14.3 Å². The van der Waals surface area contributed by atoms with Gasteiger partial charge in [0, 0.05) is 39.3 Å². The van der Waals surface area contributed by atoms with E-state index in [9.17, 15) is 9.90 Å². The molecule has 0 spiro atoms. The van der Waals surface area contributed by atoms with Gasteiger partial charge in [-0.1, -0.05) is 0 Å². The molecule has 1 aliphatic rings. The summed E-state index contributed by atoms with van der Waals surface area (Å²) in [6.45, 7) is 11.1. The lowest BCUT2D eigenvalue weighted by Crippen LogP contribution is -2.44. The number of rotatable bonds is 9. The van der Waals surface area contributed by atoms with E-state index in [1.54, 1.807) is 11.8 Å². The summed E-state index contributed by atoms with van der Waals surface area (Å²) >= 11 is 0. The first kappa shape index (κ1) is 27.7. The van der Waals surface area contributed by atoms with Crippen molar-refractivity contribution in [1.82, 2.24) is 20.4 Å². The van der Waals surface area contributed by atoms with Crippen LogP contribution < -0.4 is 10.6 Å². The van der Waals surface area contributed by atoms with Crippen LogP contribution >= 0.6 is 24.0 Å². The van der Waals surface area contributed by atoms with Gasteiger partial charge >= 0.3 is 0 Å². The summed E-state index contributed by atoms with van der Waals surface area (Å²) in [5.41, 5.74) is -0.329. The molecule has 0 aromatic carbocycles. The van der Waals surface area contributed by atoms with E-state index >= 15 is 0 Å². The molecule has 1 aliphatic heterocycles. The molecule has 2 unspecified atom stereocenters. The zero-order valence-electron chi connectivity index (χ0n) is 19.8. The Morgan fingerprint density at radius 1 is 1.39 bits per heavy atom. The number of likely N-dealkylation sites (tertiary alicyclic amines) is 1. The zero-order valence-corrected chi connectivity index (χ0v) is 22.2. The number of carbonyl (C=O) groups excluding carboxylic acids is 1. The van der Waals surface area contributed by atoms with Crippen molar-refractivity contribution in [2.45, 2.75) is 58.6 Å². The van der Waals surface area contributed by atoms with E-state index in [1.807, 2.05) is 40.9 Å². The molecule has 1 saturated heterocycles. The molecule has 3 N–H and O–H groups in total. The minimum absolute atomic E-state index is 0. The summed E-state index contributed by atoms with van der Waals surface area (Å²) in [6, 6.07) is 1.88. The maximum atomic E-state index is 12.3. The van der Waals surface area contributed by atoms with Gasteiger partial charge in [-0.15, -0.1) is 24.0 Å². The van der Waals surface area contributed by atoms with Crippen LogP contribution in [-0.2, 0) is 10.4 Å². The van der Waals surface area contributed by atoms with Gasteiger partial charge in [0.15, 0.2) is 5.96 Å². The van der Waals surface area contributed by atoms with E-state index in [4.69, 9.17) is 4.42 Å². The second-order valence-corrected chi connectivity index (χ2v) is 8.50. The average molecular weight is 549 g/mol. The molecule has 1 fully saturated rings. The second-order valence-electron chi connectivity index (χ2n) is 8.50. The van der Waals surface area contributed by atoms with Crippen molar-refractivity contribution in [3.8, 4) is 0 Å². The van der Waals surface area contributed by atoms with E-state index in [0.29, 0.717) is 5.96 Å². The Morgan fingerprint density at radius 2 is 2.10 bits per heavy atom. The smallest absolute Gasteiger partial charge is 0.239 e. The van der Waals surface area contributed by atoms with Crippen LogP contribution in [0, 0.1) is 13.8 Å². The number of halogens is 1. The SMILES string of the molecule is CCNC(=NCC(C)(O)c1cc(C)oc1C)NCCCN1CCCC1C(=O)N(C)C.I. The number of nitrogens with zero attached hydrogens (tertiary/aromatic N) is 3. The van der Waals surface area contributed by atoms with Crippen molar-refractivity contribution in [2.75, 3.05) is 46.8 Å². The molecule has 1 amide bonds. The highest BCUT2D eigenvalue weighted by Gasteiger charge is 2.31. The predicted molar refractivity (Wildman–Crippen MR) is 135 cm³/mol.